The first-order valence-electron chi connectivity index (χ1n) is 8.81. The fourth-order valence-electron chi connectivity index (χ4n) is 2.17. The summed E-state index contributed by atoms with van der Waals surface area (Å²) in [5.74, 6) is -0.721. The second-order valence-corrected chi connectivity index (χ2v) is 6.19. The van der Waals surface area contributed by atoms with E-state index in [0.717, 1.165) is 32.0 Å². The summed E-state index contributed by atoms with van der Waals surface area (Å²) in [6.45, 7) is 4.43. The number of unbranched alkanes of at least 4 members (excludes halogenated alkanes) is 3. The van der Waals surface area contributed by atoms with Crippen LogP contribution in [0.3, 0.4) is 0 Å². The highest BCUT2D eigenvalue weighted by molar-refractivity contribution is 5.75. The average Bonchev–Trinajstić information content (AvgIpc) is 2.65. The number of anilines is 1. The summed E-state index contributed by atoms with van der Waals surface area (Å²) in [5, 5.41) is 9.07. The van der Waals surface area contributed by atoms with Gasteiger partial charge >= 0.3 is 5.97 Å². The number of hydrogen-bond donors (Lipinski definition) is 2. The van der Waals surface area contributed by atoms with E-state index >= 15 is 0 Å². The highest BCUT2D eigenvalue weighted by Crippen LogP contribution is 2.23. The smallest absolute Gasteiger partial charge is 0.328 e. The van der Waals surface area contributed by atoms with Gasteiger partial charge in [-0.1, -0.05) is 32.8 Å². The maximum atomic E-state index is 11.6. The van der Waals surface area contributed by atoms with Crippen LogP contribution in [0.1, 0.15) is 45.1 Å². The predicted molar refractivity (Wildman–Crippen MR) is 98.0 cm³/mol. The van der Waals surface area contributed by atoms with Gasteiger partial charge in [-0.05, 0) is 25.0 Å². The van der Waals surface area contributed by atoms with Crippen LogP contribution in [-0.4, -0.2) is 25.4 Å². The summed E-state index contributed by atoms with van der Waals surface area (Å²) < 4.78 is 5.61. The lowest BCUT2D eigenvalue weighted by atomic mass is 9.98. The summed E-state index contributed by atoms with van der Waals surface area (Å²) in [4.78, 5) is 27.2. The van der Waals surface area contributed by atoms with Crippen molar-refractivity contribution < 1.29 is 19.2 Å². The molecule has 0 heterocycles. The van der Waals surface area contributed by atoms with Crippen molar-refractivity contribution in [3.05, 3.63) is 23.8 Å². The second-order valence-electron chi connectivity index (χ2n) is 6.19. The van der Waals surface area contributed by atoms with Gasteiger partial charge in [0.15, 0.2) is 0 Å². The van der Waals surface area contributed by atoms with Crippen LogP contribution in [-0.2, 0) is 14.4 Å². The van der Waals surface area contributed by atoms with Gasteiger partial charge in [0.2, 0.25) is 0 Å². The summed E-state index contributed by atoms with van der Waals surface area (Å²) in [7, 11) is 0. The van der Waals surface area contributed by atoms with E-state index in [-0.39, 0.29) is 5.92 Å². The molecule has 142 valence electrons. The number of nitrogens with zero attached hydrogens (tertiary/aromatic N) is 1. The minimum Gasteiger partial charge on any atom is -0.492 e. The van der Waals surface area contributed by atoms with Crippen LogP contribution >= 0.6 is 0 Å². The van der Waals surface area contributed by atoms with Crippen LogP contribution in [0, 0.1) is 23.2 Å². The molecule has 0 aliphatic rings. The minimum absolute atomic E-state index is 0.356. The summed E-state index contributed by atoms with van der Waals surface area (Å²) >= 11 is 0. The quantitative estimate of drug-likeness (QED) is 0.254. The van der Waals surface area contributed by atoms with Gasteiger partial charge in [-0.25, -0.2) is 0 Å². The fourth-order valence-corrected chi connectivity index (χ4v) is 2.17. The Morgan fingerprint density at radius 1 is 1.31 bits per heavy atom. The highest BCUT2D eigenvalue weighted by Gasteiger charge is 2.21. The van der Waals surface area contributed by atoms with E-state index in [4.69, 9.17) is 20.6 Å². The van der Waals surface area contributed by atoms with Crippen molar-refractivity contribution in [2.45, 2.75) is 39.5 Å². The predicted octanol–water partition coefficient (Wildman–Crippen LogP) is 2.60. The van der Waals surface area contributed by atoms with Crippen LogP contribution in [0.5, 0.6) is 5.75 Å². The standard InChI is InChI=1S/C19H27N3O4/c1-14(13-23)15(2)19(24)26-22-10-5-3-4-6-11-25-18-9-7-8-17(21)16(18)12-20/h7-9,13-15,22H,3-6,10-11,21H2,1-2H3. The monoisotopic (exact) mass is 361 g/mol. The molecular formula is C19H27N3O4. The van der Waals surface area contributed by atoms with Crippen molar-refractivity contribution in [1.29, 1.82) is 5.26 Å². The van der Waals surface area contributed by atoms with Gasteiger partial charge in [-0.2, -0.15) is 10.7 Å². The molecule has 0 aromatic heterocycles. The number of carbonyl (C=O) groups is 2. The molecular weight excluding hydrogens is 334 g/mol. The molecule has 7 heteroatoms. The molecule has 0 aliphatic carbocycles. The van der Waals surface area contributed by atoms with E-state index in [9.17, 15) is 9.59 Å². The van der Waals surface area contributed by atoms with Crippen LogP contribution in [0.4, 0.5) is 5.69 Å². The van der Waals surface area contributed by atoms with Crippen LogP contribution in [0.15, 0.2) is 18.2 Å². The highest BCUT2D eigenvalue weighted by atomic mass is 16.7. The lowest BCUT2D eigenvalue weighted by Gasteiger charge is -2.13. The van der Waals surface area contributed by atoms with Crippen molar-refractivity contribution >= 4 is 17.9 Å². The molecule has 3 N–H and O–H groups in total. The fraction of sp³-hybridized carbons (Fsp3) is 0.526. The maximum absolute atomic E-state index is 11.6. The molecule has 7 nitrogen and oxygen atoms in total. The Kier molecular flexibility index (Phi) is 9.80. The molecule has 0 amide bonds. The zero-order valence-electron chi connectivity index (χ0n) is 15.4. The maximum Gasteiger partial charge on any atom is 0.328 e. The summed E-state index contributed by atoms with van der Waals surface area (Å²) in [5.41, 5.74) is 9.16. The van der Waals surface area contributed by atoms with Gasteiger partial charge in [0.1, 0.15) is 23.7 Å². The first kappa shape index (κ1) is 21.5. The number of aldehydes is 1. The van der Waals surface area contributed by atoms with E-state index in [2.05, 4.69) is 5.48 Å². The zero-order valence-corrected chi connectivity index (χ0v) is 15.4. The molecule has 26 heavy (non-hydrogen) atoms. The molecule has 0 spiro atoms. The molecule has 0 saturated heterocycles. The van der Waals surface area contributed by atoms with Gasteiger partial charge in [0.25, 0.3) is 0 Å². The van der Waals surface area contributed by atoms with Crippen molar-refractivity contribution in [2.24, 2.45) is 11.8 Å². The van der Waals surface area contributed by atoms with Gasteiger partial charge in [-0.3, -0.25) is 4.79 Å². The molecule has 0 radical (unpaired) electrons. The molecule has 0 bridgehead atoms. The molecule has 2 atom stereocenters. The molecule has 2 unspecified atom stereocenters. The second kappa shape index (κ2) is 11.9. The number of benzene rings is 1. The largest absolute Gasteiger partial charge is 0.492 e. The van der Waals surface area contributed by atoms with Gasteiger partial charge in [-0.15, -0.1) is 0 Å². The van der Waals surface area contributed by atoms with E-state index in [0.29, 0.717) is 30.2 Å². The minimum atomic E-state index is -0.456. The number of nitrogen functional groups attached to an aromatic ring is 1. The molecule has 1 aromatic carbocycles. The Labute approximate surface area is 154 Å². The average molecular weight is 361 g/mol. The Morgan fingerprint density at radius 2 is 2.04 bits per heavy atom. The number of carbonyl (C=O) groups excluding carboxylic acids is 2. The van der Waals surface area contributed by atoms with Crippen LogP contribution in [0.2, 0.25) is 0 Å². The third kappa shape index (κ3) is 7.11. The van der Waals surface area contributed by atoms with Gasteiger partial charge in [0.05, 0.1) is 18.2 Å². The van der Waals surface area contributed by atoms with Gasteiger partial charge < -0.3 is 20.1 Å². The summed E-state index contributed by atoms with van der Waals surface area (Å²) in [6, 6.07) is 7.21. The molecule has 1 aromatic rings. The molecule has 0 fully saturated rings. The topological polar surface area (TPSA) is 114 Å². The number of nitrogens with two attached hydrogens (primary N) is 1. The van der Waals surface area contributed by atoms with E-state index in [1.54, 1.807) is 32.0 Å². The Balaban J connectivity index is 2.09. The van der Waals surface area contributed by atoms with Gasteiger partial charge in [0, 0.05) is 12.5 Å². The van der Waals surface area contributed by atoms with Crippen LogP contribution in [0.25, 0.3) is 0 Å². The van der Waals surface area contributed by atoms with Crippen molar-refractivity contribution in [3.8, 4) is 11.8 Å². The first-order chi connectivity index (χ1) is 12.5. The van der Waals surface area contributed by atoms with Crippen molar-refractivity contribution in [3.63, 3.8) is 0 Å². The third-order valence-corrected chi connectivity index (χ3v) is 4.15. The molecule has 0 saturated carbocycles. The number of rotatable bonds is 12. The number of ether oxygens (including phenoxy) is 1. The Morgan fingerprint density at radius 3 is 2.73 bits per heavy atom. The number of nitriles is 1. The van der Waals surface area contributed by atoms with Crippen molar-refractivity contribution in [2.75, 3.05) is 18.9 Å². The zero-order chi connectivity index (χ0) is 19.4. The third-order valence-electron chi connectivity index (χ3n) is 4.15. The summed E-state index contributed by atoms with van der Waals surface area (Å²) in [6.07, 6.45) is 4.37. The lowest BCUT2D eigenvalue weighted by Crippen LogP contribution is -2.28. The Hall–Kier alpha value is -2.59. The van der Waals surface area contributed by atoms with Crippen molar-refractivity contribution in [1.82, 2.24) is 5.48 Å². The first-order valence-corrected chi connectivity index (χ1v) is 8.81. The van der Waals surface area contributed by atoms with Crippen LogP contribution < -0.4 is 16.0 Å². The van der Waals surface area contributed by atoms with E-state index in [1.165, 1.54) is 0 Å². The molecule has 1 rings (SSSR count). The molecule has 0 aliphatic heterocycles. The SMILES string of the molecule is CC(C=O)C(C)C(=O)ONCCCCCCOc1cccc(N)c1C#N. The Bertz CT molecular complexity index is 628. The normalized spacial score (nSPS) is 12.7. The van der Waals surface area contributed by atoms with E-state index < -0.39 is 11.9 Å². The van der Waals surface area contributed by atoms with E-state index in [1.807, 2.05) is 6.07 Å². The number of nitrogens with one attached hydrogen (secondary N) is 1. The number of hydroxylamine groups is 1. The lowest BCUT2D eigenvalue weighted by molar-refractivity contribution is -0.158. The number of hydrogen-bond acceptors (Lipinski definition) is 7.